The van der Waals surface area contributed by atoms with E-state index in [2.05, 4.69) is 16.0 Å². The molecule has 3 fully saturated rings. The molecule has 78 valence electrons. The Hall–Kier alpha value is -0.260. The third-order valence-corrected chi connectivity index (χ3v) is 4.37. The maximum atomic E-state index is 11.7. The lowest BCUT2D eigenvalue weighted by atomic mass is 10.3. The van der Waals surface area contributed by atoms with Crippen molar-refractivity contribution in [2.45, 2.75) is 12.1 Å². The van der Waals surface area contributed by atoms with Gasteiger partial charge in [0.1, 0.15) is 0 Å². The Balaban J connectivity index is 1.50. The van der Waals surface area contributed by atoms with Gasteiger partial charge in [-0.25, -0.2) is 0 Å². The molecule has 3 N–H and O–H groups in total. The molecule has 0 aromatic rings. The smallest absolute Gasteiger partial charge is 0.238 e. The van der Waals surface area contributed by atoms with Gasteiger partial charge in [-0.05, 0) is 11.8 Å². The Morgan fingerprint density at radius 2 is 2.14 bits per heavy atom. The fourth-order valence-corrected chi connectivity index (χ4v) is 3.40. The molecular weight excluding hydrogens is 198 g/mol. The van der Waals surface area contributed by atoms with E-state index in [1.165, 1.54) is 0 Å². The van der Waals surface area contributed by atoms with E-state index in [-0.39, 0.29) is 11.9 Å². The number of thioether (sulfide) groups is 1. The van der Waals surface area contributed by atoms with Crippen LogP contribution in [-0.2, 0) is 4.79 Å². The predicted octanol–water partition coefficient (Wildman–Crippen LogP) is -1.02. The molecule has 0 spiro atoms. The van der Waals surface area contributed by atoms with Gasteiger partial charge in [0.05, 0.1) is 6.04 Å². The van der Waals surface area contributed by atoms with Crippen molar-refractivity contribution in [3.05, 3.63) is 0 Å². The van der Waals surface area contributed by atoms with Crippen LogP contribution >= 0.6 is 11.8 Å². The van der Waals surface area contributed by atoms with Gasteiger partial charge in [-0.2, -0.15) is 0 Å². The number of rotatable bonds is 2. The Morgan fingerprint density at radius 3 is 2.79 bits per heavy atom. The summed E-state index contributed by atoms with van der Waals surface area (Å²) in [6.07, 6.45) is 0. The first-order valence-electron chi connectivity index (χ1n) is 5.18. The van der Waals surface area contributed by atoms with Gasteiger partial charge in [0.2, 0.25) is 5.91 Å². The van der Waals surface area contributed by atoms with Gasteiger partial charge in [0, 0.05) is 30.8 Å². The molecule has 0 aromatic carbocycles. The van der Waals surface area contributed by atoms with Gasteiger partial charge in [0.25, 0.3) is 0 Å². The standard InChI is InChI=1S/C9H15N3OS/c13-9(7-3-14-4-11-7)12-8-5-1-10-2-6(5)8/h5-8,10-11H,1-4H2,(H,12,13)/t5-,6+,7-,8?/m1/s1. The monoisotopic (exact) mass is 213 g/mol. The van der Waals surface area contributed by atoms with E-state index in [0.717, 1.165) is 24.7 Å². The number of carbonyl (C=O) groups excluding carboxylic acids is 1. The van der Waals surface area contributed by atoms with E-state index < -0.39 is 0 Å². The number of hydrogen-bond acceptors (Lipinski definition) is 4. The van der Waals surface area contributed by atoms with E-state index in [1.807, 2.05) is 0 Å². The second-order valence-corrected chi connectivity index (χ2v) is 5.32. The van der Waals surface area contributed by atoms with Gasteiger partial charge in [-0.3, -0.25) is 10.1 Å². The summed E-state index contributed by atoms with van der Waals surface area (Å²) in [7, 11) is 0. The highest BCUT2D eigenvalue weighted by atomic mass is 32.2. The summed E-state index contributed by atoms with van der Waals surface area (Å²) in [6, 6.07) is 0.519. The molecule has 0 aromatic heterocycles. The summed E-state index contributed by atoms with van der Waals surface area (Å²) in [5.41, 5.74) is 0. The minimum Gasteiger partial charge on any atom is -0.351 e. The first-order chi connectivity index (χ1) is 6.86. The van der Waals surface area contributed by atoms with Crippen molar-refractivity contribution in [1.29, 1.82) is 0 Å². The molecule has 1 amide bonds. The number of fused-ring (bicyclic) bond motifs is 1. The molecule has 4 atom stereocenters. The van der Waals surface area contributed by atoms with Crippen molar-refractivity contribution in [2.24, 2.45) is 11.8 Å². The lowest BCUT2D eigenvalue weighted by Crippen LogP contribution is -2.44. The van der Waals surface area contributed by atoms with Crippen molar-refractivity contribution < 1.29 is 4.79 Å². The second-order valence-electron chi connectivity index (χ2n) is 4.29. The zero-order chi connectivity index (χ0) is 9.54. The first kappa shape index (κ1) is 9.00. The van der Waals surface area contributed by atoms with Crippen molar-refractivity contribution in [2.75, 3.05) is 24.7 Å². The van der Waals surface area contributed by atoms with Crippen LogP contribution in [0, 0.1) is 11.8 Å². The maximum Gasteiger partial charge on any atom is 0.238 e. The molecule has 3 aliphatic rings. The van der Waals surface area contributed by atoms with Crippen LogP contribution < -0.4 is 16.0 Å². The molecule has 4 nitrogen and oxygen atoms in total. The highest BCUT2D eigenvalue weighted by Gasteiger charge is 2.53. The SMILES string of the molecule is O=C(NC1[C@H]2CNC[C@@H]12)[C@H]1CSCN1. The van der Waals surface area contributed by atoms with Crippen molar-refractivity contribution in [3.8, 4) is 0 Å². The highest BCUT2D eigenvalue weighted by Crippen LogP contribution is 2.41. The van der Waals surface area contributed by atoms with Gasteiger partial charge in [-0.1, -0.05) is 0 Å². The number of carbonyl (C=O) groups is 1. The normalized spacial score (nSPS) is 44.9. The van der Waals surface area contributed by atoms with E-state index >= 15 is 0 Å². The Morgan fingerprint density at radius 1 is 1.36 bits per heavy atom. The fourth-order valence-electron chi connectivity index (χ4n) is 2.46. The lowest BCUT2D eigenvalue weighted by molar-refractivity contribution is -0.122. The third kappa shape index (κ3) is 1.43. The van der Waals surface area contributed by atoms with Crippen molar-refractivity contribution >= 4 is 17.7 Å². The molecule has 14 heavy (non-hydrogen) atoms. The van der Waals surface area contributed by atoms with E-state index in [1.54, 1.807) is 11.8 Å². The van der Waals surface area contributed by atoms with E-state index in [9.17, 15) is 4.79 Å². The molecule has 3 rings (SSSR count). The molecule has 0 bridgehead atoms. The first-order valence-corrected chi connectivity index (χ1v) is 6.34. The minimum atomic E-state index is 0.0503. The Kier molecular flexibility index (Phi) is 2.18. The van der Waals surface area contributed by atoms with Crippen LogP contribution in [0.15, 0.2) is 0 Å². The summed E-state index contributed by atoms with van der Waals surface area (Å²) in [4.78, 5) is 11.7. The van der Waals surface area contributed by atoms with Gasteiger partial charge in [-0.15, -0.1) is 11.8 Å². The van der Waals surface area contributed by atoms with E-state index in [0.29, 0.717) is 17.9 Å². The molecule has 1 aliphatic carbocycles. The predicted molar refractivity (Wildman–Crippen MR) is 56.0 cm³/mol. The minimum absolute atomic E-state index is 0.0503. The molecule has 2 saturated heterocycles. The molecule has 5 heteroatoms. The van der Waals surface area contributed by atoms with Crippen LogP contribution in [0.5, 0.6) is 0 Å². The number of piperidine rings is 1. The molecular formula is C9H15N3OS. The fraction of sp³-hybridized carbons (Fsp3) is 0.889. The van der Waals surface area contributed by atoms with Gasteiger partial charge >= 0.3 is 0 Å². The van der Waals surface area contributed by atoms with Crippen LogP contribution in [0.25, 0.3) is 0 Å². The lowest BCUT2D eigenvalue weighted by Gasteiger charge is -2.11. The van der Waals surface area contributed by atoms with Crippen molar-refractivity contribution in [3.63, 3.8) is 0 Å². The number of hydrogen-bond donors (Lipinski definition) is 3. The zero-order valence-electron chi connectivity index (χ0n) is 7.95. The average molecular weight is 213 g/mol. The third-order valence-electron chi connectivity index (χ3n) is 3.43. The maximum absolute atomic E-state index is 11.7. The van der Waals surface area contributed by atoms with Crippen LogP contribution in [0.2, 0.25) is 0 Å². The van der Waals surface area contributed by atoms with Crippen LogP contribution in [0.4, 0.5) is 0 Å². The molecule has 1 saturated carbocycles. The quantitative estimate of drug-likeness (QED) is 0.550. The second kappa shape index (κ2) is 3.40. The van der Waals surface area contributed by atoms with Crippen molar-refractivity contribution in [1.82, 2.24) is 16.0 Å². The summed E-state index contributed by atoms with van der Waals surface area (Å²) in [6.45, 7) is 2.17. The zero-order valence-corrected chi connectivity index (χ0v) is 8.77. The Bertz CT molecular complexity index is 244. The topological polar surface area (TPSA) is 53.2 Å². The average Bonchev–Trinajstić information content (AvgIpc) is 2.75. The van der Waals surface area contributed by atoms with Crippen LogP contribution in [-0.4, -0.2) is 42.7 Å². The van der Waals surface area contributed by atoms with Crippen LogP contribution in [0.1, 0.15) is 0 Å². The highest BCUT2D eigenvalue weighted by molar-refractivity contribution is 7.99. The molecule has 0 radical (unpaired) electrons. The molecule has 1 unspecified atom stereocenters. The Labute approximate surface area is 87.6 Å². The van der Waals surface area contributed by atoms with E-state index in [4.69, 9.17) is 0 Å². The number of amides is 1. The van der Waals surface area contributed by atoms with Gasteiger partial charge in [0.15, 0.2) is 0 Å². The number of nitrogens with one attached hydrogen (secondary N) is 3. The molecule has 2 heterocycles. The van der Waals surface area contributed by atoms with Crippen LogP contribution in [0.3, 0.4) is 0 Å². The summed E-state index contributed by atoms with van der Waals surface area (Å²) in [5.74, 6) is 3.47. The largest absolute Gasteiger partial charge is 0.351 e. The summed E-state index contributed by atoms with van der Waals surface area (Å²) < 4.78 is 0. The van der Waals surface area contributed by atoms with Gasteiger partial charge < -0.3 is 10.6 Å². The summed E-state index contributed by atoms with van der Waals surface area (Å²) in [5, 5.41) is 9.66. The molecule has 2 aliphatic heterocycles. The summed E-state index contributed by atoms with van der Waals surface area (Å²) >= 11 is 1.80.